The topological polar surface area (TPSA) is 86.6 Å². The Hall–Kier alpha value is -3.89. The van der Waals surface area contributed by atoms with Crippen LogP contribution in [0.4, 0.5) is 24.7 Å². The number of anilines is 2. The molecule has 2 heterocycles. The van der Waals surface area contributed by atoms with Gasteiger partial charge in [-0.15, -0.1) is 0 Å². The maximum absolute atomic E-state index is 13.9. The summed E-state index contributed by atoms with van der Waals surface area (Å²) in [5.74, 6) is 0.851. The minimum Gasteiger partial charge on any atom is -0.497 e. The van der Waals surface area contributed by atoms with Gasteiger partial charge in [0.05, 0.1) is 33.1 Å². The third-order valence-electron chi connectivity index (χ3n) is 5.60. The Morgan fingerprint density at radius 1 is 1.03 bits per heavy atom. The third kappa shape index (κ3) is 4.59. The molecule has 34 heavy (non-hydrogen) atoms. The number of alkyl halides is 3. The van der Waals surface area contributed by atoms with E-state index in [0.717, 1.165) is 4.68 Å². The summed E-state index contributed by atoms with van der Waals surface area (Å²) in [5.41, 5.74) is 0.792. The van der Waals surface area contributed by atoms with Crippen LogP contribution in [-0.4, -0.2) is 43.2 Å². The van der Waals surface area contributed by atoms with Crippen LogP contribution in [0.15, 0.2) is 48.5 Å². The highest BCUT2D eigenvalue weighted by atomic mass is 19.4. The van der Waals surface area contributed by atoms with Crippen molar-refractivity contribution < 1.29 is 32.2 Å². The van der Waals surface area contributed by atoms with Gasteiger partial charge in [-0.05, 0) is 29.8 Å². The molecule has 0 saturated carbocycles. The number of ether oxygens (including phenoxy) is 3. The van der Waals surface area contributed by atoms with Crippen molar-refractivity contribution in [2.75, 3.05) is 32.0 Å². The van der Waals surface area contributed by atoms with E-state index in [1.165, 1.54) is 27.4 Å². The van der Waals surface area contributed by atoms with Gasteiger partial charge < -0.3 is 24.8 Å². The number of rotatable bonds is 6. The highest BCUT2D eigenvalue weighted by Crippen LogP contribution is 2.44. The molecule has 2 aromatic carbocycles. The standard InChI is InChI=1S/C23H23F3N4O4/c1-32-14-6-4-13(5-7-14)16-11-20(23(24,25)26)30-21(27-16)12-18(29-30)22(31)28-17-10-15(33-2)8-9-19(17)34-3/h4-10,12,16,20,27H,11H2,1-3H3,(H,28,31)/t16-,20-/m1/s1. The molecule has 0 bridgehead atoms. The number of nitrogens with one attached hydrogen (secondary N) is 2. The lowest BCUT2D eigenvalue weighted by molar-refractivity contribution is -0.173. The maximum Gasteiger partial charge on any atom is 0.410 e. The van der Waals surface area contributed by atoms with Crippen LogP contribution in [0.3, 0.4) is 0 Å². The van der Waals surface area contributed by atoms with Gasteiger partial charge in [0.1, 0.15) is 23.1 Å². The highest BCUT2D eigenvalue weighted by molar-refractivity contribution is 6.04. The molecule has 180 valence electrons. The van der Waals surface area contributed by atoms with Crippen molar-refractivity contribution in [1.29, 1.82) is 0 Å². The van der Waals surface area contributed by atoms with Crippen LogP contribution in [0.25, 0.3) is 0 Å². The molecule has 4 rings (SSSR count). The molecule has 0 radical (unpaired) electrons. The van der Waals surface area contributed by atoms with Crippen LogP contribution in [0, 0.1) is 0 Å². The number of methoxy groups -OCH3 is 3. The predicted octanol–water partition coefficient (Wildman–Crippen LogP) is 4.82. The number of nitrogens with zero attached hydrogens (tertiary/aromatic N) is 2. The number of benzene rings is 2. The van der Waals surface area contributed by atoms with Gasteiger partial charge in [-0.1, -0.05) is 12.1 Å². The third-order valence-corrected chi connectivity index (χ3v) is 5.60. The van der Waals surface area contributed by atoms with Crippen LogP contribution < -0.4 is 24.8 Å². The molecule has 8 nitrogen and oxygen atoms in total. The number of carbonyl (C=O) groups is 1. The van der Waals surface area contributed by atoms with Crippen molar-refractivity contribution in [3.05, 3.63) is 59.8 Å². The molecule has 0 spiro atoms. The molecule has 2 atom stereocenters. The van der Waals surface area contributed by atoms with Gasteiger partial charge in [0.25, 0.3) is 5.91 Å². The van der Waals surface area contributed by atoms with E-state index in [-0.39, 0.29) is 17.9 Å². The maximum atomic E-state index is 13.9. The summed E-state index contributed by atoms with van der Waals surface area (Å²) in [6.45, 7) is 0. The largest absolute Gasteiger partial charge is 0.497 e. The Morgan fingerprint density at radius 3 is 2.32 bits per heavy atom. The first kappa shape index (κ1) is 23.3. The zero-order valence-electron chi connectivity index (χ0n) is 18.6. The quantitative estimate of drug-likeness (QED) is 0.531. The summed E-state index contributed by atoms with van der Waals surface area (Å²) < 4.78 is 58.1. The van der Waals surface area contributed by atoms with Crippen molar-refractivity contribution in [2.24, 2.45) is 0 Å². The van der Waals surface area contributed by atoms with Gasteiger partial charge in [0.2, 0.25) is 0 Å². The van der Waals surface area contributed by atoms with Crippen LogP contribution in [0.2, 0.25) is 0 Å². The molecule has 1 aromatic heterocycles. The summed E-state index contributed by atoms with van der Waals surface area (Å²) in [4.78, 5) is 12.9. The Morgan fingerprint density at radius 2 is 1.71 bits per heavy atom. The Labute approximate surface area is 193 Å². The van der Waals surface area contributed by atoms with E-state index in [1.807, 2.05) is 0 Å². The molecule has 0 saturated heterocycles. The first-order valence-electron chi connectivity index (χ1n) is 10.3. The van der Waals surface area contributed by atoms with Gasteiger partial charge >= 0.3 is 6.18 Å². The first-order chi connectivity index (χ1) is 16.2. The molecule has 0 aliphatic carbocycles. The lowest BCUT2D eigenvalue weighted by Crippen LogP contribution is -2.35. The Kier molecular flexibility index (Phi) is 6.27. The molecule has 0 fully saturated rings. The normalized spacial score (nSPS) is 17.4. The average Bonchev–Trinajstić information content (AvgIpc) is 3.27. The van der Waals surface area contributed by atoms with E-state index >= 15 is 0 Å². The number of carbonyl (C=O) groups excluding carboxylic acids is 1. The number of fused-ring (bicyclic) bond motifs is 1. The van der Waals surface area contributed by atoms with E-state index in [2.05, 4.69) is 15.7 Å². The first-order valence-corrected chi connectivity index (χ1v) is 10.3. The zero-order chi connectivity index (χ0) is 24.5. The van der Waals surface area contributed by atoms with Crippen LogP contribution in [-0.2, 0) is 0 Å². The molecule has 11 heteroatoms. The monoisotopic (exact) mass is 476 g/mol. The van der Waals surface area contributed by atoms with Crippen molar-refractivity contribution in [3.8, 4) is 17.2 Å². The van der Waals surface area contributed by atoms with Crippen molar-refractivity contribution in [3.63, 3.8) is 0 Å². The van der Waals surface area contributed by atoms with E-state index in [9.17, 15) is 18.0 Å². The second kappa shape index (κ2) is 9.16. The highest BCUT2D eigenvalue weighted by Gasteiger charge is 2.46. The van der Waals surface area contributed by atoms with Gasteiger partial charge in [-0.2, -0.15) is 18.3 Å². The van der Waals surface area contributed by atoms with Gasteiger partial charge in [0, 0.05) is 18.6 Å². The molecular formula is C23H23F3N4O4. The summed E-state index contributed by atoms with van der Waals surface area (Å²) in [7, 11) is 4.42. The molecule has 0 unspecified atom stereocenters. The molecule has 1 amide bonds. The fourth-order valence-corrected chi connectivity index (χ4v) is 3.84. The summed E-state index contributed by atoms with van der Waals surface area (Å²) in [6.07, 6.45) is -4.84. The van der Waals surface area contributed by atoms with E-state index < -0.39 is 24.2 Å². The fraction of sp³-hybridized carbons (Fsp3) is 0.304. The van der Waals surface area contributed by atoms with Crippen molar-refractivity contribution in [2.45, 2.75) is 24.7 Å². The Balaban J connectivity index is 1.64. The smallest absolute Gasteiger partial charge is 0.410 e. The summed E-state index contributed by atoms with van der Waals surface area (Å²) in [6, 6.07) is 10.4. The van der Waals surface area contributed by atoms with Crippen LogP contribution >= 0.6 is 0 Å². The summed E-state index contributed by atoms with van der Waals surface area (Å²) >= 11 is 0. The van der Waals surface area contributed by atoms with Crippen LogP contribution in [0.5, 0.6) is 17.2 Å². The predicted molar refractivity (Wildman–Crippen MR) is 119 cm³/mol. The number of aromatic nitrogens is 2. The van der Waals surface area contributed by atoms with Gasteiger partial charge in [-0.3, -0.25) is 4.79 Å². The van der Waals surface area contributed by atoms with E-state index in [0.29, 0.717) is 28.5 Å². The molecular weight excluding hydrogens is 453 g/mol. The Bertz CT molecular complexity index is 1180. The van der Waals surface area contributed by atoms with Crippen molar-refractivity contribution >= 4 is 17.4 Å². The van der Waals surface area contributed by atoms with Gasteiger partial charge in [-0.25, -0.2) is 4.68 Å². The van der Waals surface area contributed by atoms with Gasteiger partial charge in [0.15, 0.2) is 11.7 Å². The van der Waals surface area contributed by atoms with Crippen LogP contribution in [0.1, 0.15) is 34.6 Å². The minimum absolute atomic E-state index is 0.0946. The fourth-order valence-electron chi connectivity index (χ4n) is 3.84. The second-order valence-corrected chi connectivity index (χ2v) is 7.64. The number of amides is 1. The lowest BCUT2D eigenvalue weighted by atomic mass is 9.97. The molecule has 1 aliphatic heterocycles. The molecule has 3 aromatic rings. The number of hydrogen-bond donors (Lipinski definition) is 2. The zero-order valence-corrected chi connectivity index (χ0v) is 18.6. The summed E-state index contributed by atoms with van der Waals surface area (Å²) in [5, 5.41) is 9.67. The molecule has 1 aliphatic rings. The van der Waals surface area contributed by atoms with E-state index in [1.54, 1.807) is 42.5 Å². The lowest BCUT2D eigenvalue weighted by Gasteiger charge is -2.33. The SMILES string of the molecule is COc1ccc([C@H]2C[C@H](C(F)(F)F)n3nc(C(=O)Nc4cc(OC)ccc4OC)cc3N2)cc1. The number of halogens is 3. The van der Waals surface area contributed by atoms with E-state index in [4.69, 9.17) is 14.2 Å². The van der Waals surface area contributed by atoms with Crippen molar-refractivity contribution in [1.82, 2.24) is 9.78 Å². The average molecular weight is 476 g/mol. The number of hydrogen-bond acceptors (Lipinski definition) is 6. The minimum atomic E-state index is -4.56. The second-order valence-electron chi connectivity index (χ2n) is 7.64. The molecule has 2 N–H and O–H groups in total.